The lowest BCUT2D eigenvalue weighted by Crippen LogP contribution is -2.15. The number of carbonyl (C=O) groups excluding carboxylic acids is 2. The predicted molar refractivity (Wildman–Crippen MR) is 60.7 cm³/mol. The second-order valence-corrected chi connectivity index (χ2v) is 4.23. The standard InChI is InChI=1S/C10H7Cl3O2/c1-5(14)10(15)9(13)7-3-2-6(11)4-8(7)12/h2-4,9H,1H3. The summed E-state index contributed by atoms with van der Waals surface area (Å²) >= 11 is 17.3. The van der Waals surface area contributed by atoms with E-state index in [2.05, 4.69) is 0 Å². The third-order valence-electron chi connectivity index (χ3n) is 1.81. The molecule has 0 aliphatic heterocycles. The van der Waals surface area contributed by atoms with Gasteiger partial charge in [0.05, 0.1) is 0 Å². The van der Waals surface area contributed by atoms with Crippen molar-refractivity contribution < 1.29 is 9.59 Å². The van der Waals surface area contributed by atoms with E-state index in [0.717, 1.165) is 0 Å². The maximum atomic E-state index is 11.3. The Balaban J connectivity index is 3.06. The van der Waals surface area contributed by atoms with E-state index >= 15 is 0 Å². The Bertz CT molecular complexity index is 415. The number of hydrogen-bond acceptors (Lipinski definition) is 2. The van der Waals surface area contributed by atoms with Gasteiger partial charge < -0.3 is 0 Å². The van der Waals surface area contributed by atoms with Crippen molar-refractivity contribution in [2.75, 3.05) is 0 Å². The number of alkyl halides is 1. The lowest BCUT2D eigenvalue weighted by atomic mass is 10.1. The Labute approximate surface area is 102 Å². The summed E-state index contributed by atoms with van der Waals surface area (Å²) in [6.45, 7) is 1.17. The molecular weight excluding hydrogens is 258 g/mol. The van der Waals surface area contributed by atoms with E-state index in [0.29, 0.717) is 10.6 Å². The van der Waals surface area contributed by atoms with Crippen LogP contribution in [0, 0.1) is 0 Å². The van der Waals surface area contributed by atoms with Gasteiger partial charge in [0.15, 0.2) is 5.78 Å². The van der Waals surface area contributed by atoms with Crippen LogP contribution in [0.3, 0.4) is 0 Å². The van der Waals surface area contributed by atoms with E-state index in [4.69, 9.17) is 34.8 Å². The number of hydrogen-bond donors (Lipinski definition) is 0. The number of halogens is 3. The third-order valence-corrected chi connectivity index (χ3v) is 2.81. The first-order chi connectivity index (χ1) is 6.93. The van der Waals surface area contributed by atoms with Crippen molar-refractivity contribution in [3.05, 3.63) is 33.8 Å². The molecular formula is C10H7Cl3O2. The van der Waals surface area contributed by atoms with Gasteiger partial charge in [-0.15, -0.1) is 11.6 Å². The molecule has 5 heteroatoms. The van der Waals surface area contributed by atoms with Crippen molar-refractivity contribution in [1.82, 2.24) is 0 Å². The number of rotatable bonds is 3. The van der Waals surface area contributed by atoms with Crippen molar-refractivity contribution in [3.8, 4) is 0 Å². The number of ketones is 2. The zero-order chi connectivity index (χ0) is 11.6. The minimum absolute atomic E-state index is 0.275. The van der Waals surface area contributed by atoms with Crippen LogP contribution in [-0.2, 0) is 9.59 Å². The first kappa shape index (κ1) is 12.5. The molecule has 1 atom stereocenters. The molecule has 1 aromatic carbocycles. The van der Waals surface area contributed by atoms with Crippen LogP contribution in [0.25, 0.3) is 0 Å². The summed E-state index contributed by atoms with van der Waals surface area (Å²) in [5.41, 5.74) is 0.392. The van der Waals surface area contributed by atoms with Gasteiger partial charge >= 0.3 is 0 Å². The molecule has 0 radical (unpaired) electrons. The minimum Gasteiger partial charge on any atom is -0.291 e. The van der Waals surface area contributed by atoms with Crippen LogP contribution in [0.15, 0.2) is 18.2 Å². The molecule has 0 spiro atoms. The van der Waals surface area contributed by atoms with E-state index in [9.17, 15) is 9.59 Å². The highest BCUT2D eigenvalue weighted by molar-refractivity contribution is 6.49. The van der Waals surface area contributed by atoms with E-state index in [1.165, 1.54) is 19.1 Å². The van der Waals surface area contributed by atoms with Gasteiger partial charge in [0, 0.05) is 17.0 Å². The molecule has 1 rings (SSSR count). The highest BCUT2D eigenvalue weighted by Gasteiger charge is 2.23. The fourth-order valence-corrected chi connectivity index (χ4v) is 1.94. The maximum Gasteiger partial charge on any atom is 0.220 e. The van der Waals surface area contributed by atoms with E-state index in [1.54, 1.807) is 6.07 Å². The normalized spacial score (nSPS) is 12.3. The Morgan fingerprint density at radius 3 is 2.33 bits per heavy atom. The topological polar surface area (TPSA) is 34.1 Å². The minimum atomic E-state index is -1.05. The first-order valence-corrected chi connectivity index (χ1v) is 5.26. The van der Waals surface area contributed by atoms with Gasteiger partial charge in [0.1, 0.15) is 5.38 Å². The van der Waals surface area contributed by atoms with Crippen LogP contribution >= 0.6 is 34.8 Å². The van der Waals surface area contributed by atoms with Crippen LogP contribution < -0.4 is 0 Å². The van der Waals surface area contributed by atoms with Gasteiger partial charge in [-0.05, 0) is 17.7 Å². The van der Waals surface area contributed by atoms with E-state index < -0.39 is 16.9 Å². The summed E-state index contributed by atoms with van der Waals surface area (Å²) in [7, 11) is 0. The van der Waals surface area contributed by atoms with Crippen molar-refractivity contribution >= 4 is 46.4 Å². The average Bonchev–Trinajstić information content (AvgIpc) is 2.15. The fraction of sp³-hybridized carbons (Fsp3) is 0.200. The van der Waals surface area contributed by atoms with E-state index in [-0.39, 0.29) is 5.02 Å². The van der Waals surface area contributed by atoms with Gasteiger partial charge in [-0.1, -0.05) is 29.3 Å². The van der Waals surface area contributed by atoms with Crippen molar-refractivity contribution in [3.63, 3.8) is 0 Å². The Morgan fingerprint density at radius 1 is 1.27 bits per heavy atom. The summed E-state index contributed by atoms with van der Waals surface area (Å²) in [6.07, 6.45) is 0. The van der Waals surface area contributed by atoms with E-state index in [1.807, 2.05) is 0 Å². The second-order valence-electron chi connectivity index (χ2n) is 2.95. The predicted octanol–water partition coefficient (Wildman–Crippen LogP) is 3.43. The highest BCUT2D eigenvalue weighted by atomic mass is 35.5. The molecule has 0 saturated heterocycles. The summed E-state index contributed by atoms with van der Waals surface area (Å²) < 4.78 is 0. The lowest BCUT2D eigenvalue weighted by molar-refractivity contribution is -0.135. The lowest BCUT2D eigenvalue weighted by Gasteiger charge is -2.08. The van der Waals surface area contributed by atoms with Gasteiger partial charge in [0.25, 0.3) is 0 Å². The second kappa shape index (κ2) is 4.97. The number of Topliss-reactive ketones (excluding diaryl/α,β-unsaturated/α-hetero) is 2. The van der Waals surface area contributed by atoms with Gasteiger partial charge in [-0.25, -0.2) is 0 Å². The molecule has 80 valence electrons. The zero-order valence-corrected chi connectivity index (χ0v) is 10.0. The highest BCUT2D eigenvalue weighted by Crippen LogP contribution is 2.30. The molecule has 1 unspecified atom stereocenters. The molecule has 0 amide bonds. The van der Waals surface area contributed by atoms with Crippen molar-refractivity contribution in [2.24, 2.45) is 0 Å². The summed E-state index contributed by atoms with van der Waals surface area (Å²) in [6, 6.07) is 4.57. The van der Waals surface area contributed by atoms with Gasteiger partial charge in [-0.3, -0.25) is 9.59 Å². The smallest absolute Gasteiger partial charge is 0.220 e. The largest absolute Gasteiger partial charge is 0.291 e. The number of carbonyl (C=O) groups is 2. The first-order valence-electron chi connectivity index (χ1n) is 4.07. The number of benzene rings is 1. The molecule has 0 bridgehead atoms. The van der Waals surface area contributed by atoms with Crippen LogP contribution in [0.1, 0.15) is 17.9 Å². The van der Waals surface area contributed by atoms with Crippen LogP contribution in [-0.4, -0.2) is 11.6 Å². The molecule has 0 heterocycles. The molecule has 2 nitrogen and oxygen atoms in total. The monoisotopic (exact) mass is 264 g/mol. The molecule has 15 heavy (non-hydrogen) atoms. The molecule has 0 aromatic heterocycles. The third kappa shape index (κ3) is 2.94. The summed E-state index contributed by atoms with van der Waals surface area (Å²) in [4.78, 5) is 22.1. The Hall–Kier alpha value is -0.570. The SMILES string of the molecule is CC(=O)C(=O)C(Cl)c1ccc(Cl)cc1Cl. The van der Waals surface area contributed by atoms with Crippen LogP contribution in [0.4, 0.5) is 0 Å². The molecule has 0 fully saturated rings. The maximum absolute atomic E-state index is 11.3. The Morgan fingerprint density at radius 2 is 1.87 bits per heavy atom. The molecule has 0 aliphatic rings. The van der Waals surface area contributed by atoms with Gasteiger partial charge in [-0.2, -0.15) is 0 Å². The molecule has 0 aliphatic carbocycles. The quantitative estimate of drug-likeness (QED) is 0.620. The van der Waals surface area contributed by atoms with Crippen LogP contribution in [0.2, 0.25) is 10.0 Å². The molecule has 0 N–H and O–H groups in total. The zero-order valence-electron chi connectivity index (χ0n) is 7.76. The Kier molecular flexibility index (Phi) is 4.14. The van der Waals surface area contributed by atoms with Crippen molar-refractivity contribution in [2.45, 2.75) is 12.3 Å². The molecule has 1 aromatic rings. The van der Waals surface area contributed by atoms with Crippen molar-refractivity contribution in [1.29, 1.82) is 0 Å². The van der Waals surface area contributed by atoms with Crippen LogP contribution in [0.5, 0.6) is 0 Å². The van der Waals surface area contributed by atoms with Gasteiger partial charge in [0.2, 0.25) is 5.78 Å². The summed E-state index contributed by atoms with van der Waals surface area (Å²) in [5.74, 6) is -1.28. The molecule has 0 saturated carbocycles. The average molecular weight is 266 g/mol. The fourth-order valence-electron chi connectivity index (χ4n) is 1.03. The summed E-state index contributed by atoms with van der Waals surface area (Å²) in [5, 5.41) is -0.327.